The van der Waals surface area contributed by atoms with Gasteiger partial charge in [0, 0.05) is 0 Å². The molecule has 0 aliphatic rings. The van der Waals surface area contributed by atoms with Crippen molar-refractivity contribution in [1.29, 1.82) is 0 Å². The van der Waals surface area contributed by atoms with Gasteiger partial charge in [-0.1, -0.05) is 78.1 Å². The summed E-state index contributed by atoms with van der Waals surface area (Å²) in [6.07, 6.45) is 14.0. The molecular weight excluding hydrogens is 465 g/mol. The Bertz CT molecular complexity index is 576. The van der Waals surface area contributed by atoms with Crippen LogP contribution in [0.4, 0.5) is 0 Å². The van der Waals surface area contributed by atoms with E-state index in [4.69, 9.17) is 0 Å². The van der Waals surface area contributed by atoms with Gasteiger partial charge in [0.25, 0.3) is 0 Å². The van der Waals surface area contributed by atoms with Crippen LogP contribution in [0.5, 0.6) is 0 Å². The Morgan fingerprint density at radius 2 is 0.765 bits per heavy atom. The van der Waals surface area contributed by atoms with Crippen molar-refractivity contribution in [3.63, 3.8) is 0 Å². The summed E-state index contributed by atoms with van der Waals surface area (Å²) in [5.74, 6) is -5.80. The predicted molar refractivity (Wildman–Crippen MR) is 124 cm³/mol. The molecule has 34 heavy (non-hydrogen) atoms. The Morgan fingerprint density at radius 1 is 0.500 bits per heavy atom. The van der Waals surface area contributed by atoms with Gasteiger partial charge in [-0.3, -0.25) is 0 Å². The predicted octanol–water partition coefficient (Wildman–Crippen LogP) is -0.435. The number of rotatable bonds is 18. The summed E-state index contributed by atoms with van der Waals surface area (Å²) in [5.41, 5.74) is -0.369. The van der Waals surface area contributed by atoms with E-state index in [0.717, 1.165) is 51.4 Å². The Morgan fingerprint density at radius 3 is 1.00 bits per heavy atom. The molecular formula is C24H36Mg2O8. The molecule has 0 radical (unpaired) electrons. The molecule has 0 aromatic heterocycles. The van der Waals surface area contributed by atoms with E-state index < -0.39 is 23.9 Å². The third kappa shape index (κ3) is 28.9. The number of carbonyl (C=O) groups is 4. The standard InChI is InChI=1S/2C12H20O4.2Mg/c2*1-2-3-4-5-6-7-8-10(12(15)16)9-11(13)14;;/h2*9H,2-8H2,1H3,(H,13,14)(H,15,16);;/q;;2*+2/p-4/b2*10-9-;;. The molecule has 0 fully saturated rings. The van der Waals surface area contributed by atoms with Gasteiger partial charge in [-0.2, -0.15) is 0 Å². The van der Waals surface area contributed by atoms with Crippen LogP contribution >= 0.6 is 0 Å². The number of carboxylic acids is 4. The van der Waals surface area contributed by atoms with E-state index in [0.29, 0.717) is 25.0 Å². The van der Waals surface area contributed by atoms with Gasteiger partial charge in [0.1, 0.15) is 0 Å². The SMILES string of the molecule is CCCCCCCC/C(=C/C(=O)[O-])C(=O)[O-].CCCCCCCC/C(=C/C(=O)[O-])C(=O)[O-].[Mg+2].[Mg+2]. The molecule has 0 unspecified atom stereocenters. The van der Waals surface area contributed by atoms with Crippen molar-refractivity contribution in [3.05, 3.63) is 23.3 Å². The zero-order valence-corrected chi connectivity index (χ0v) is 23.6. The maximum atomic E-state index is 10.5. The van der Waals surface area contributed by atoms with E-state index in [1.165, 1.54) is 12.8 Å². The van der Waals surface area contributed by atoms with E-state index in [1.54, 1.807) is 0 Å². The van der Waals surface area contributed by atoms with Crippen LogP contribution in [0.25, 0.3) is 0 Å². The zero-order chi connectivity index (χ0) is 24.8. The quantitative estimate of drug-likeness (QED) is 0.139. The third-order valence-corrected chi connectivity index (χ3v) is 4.71. The van der Waals surface area contributed by atoms with Crippen LogP contribution in [0.15, 0.2) is 23.3 Å². The van der Waals surface area contributed by atoms with Crippen LogP contribution < -0.4 is 20.4 Å². The first kappa shape index (κ1) is 40.1. The van der Waals surface area contributed by atoms with Crippen LogP contribution in [-0.4, -0.2) is 70.0 Å². The van der Waals surface area contributed by atoms with Crippen LogP contribution in [0.2, 0.25) is 0 Å². The number of aliphatic carboxylic acids is 4. The average molecular weight is 501 g/mol. The molecule has 0 aliphatic heterocycles. The van der Waals surface area contributed by atoms with Crippen molar-refractivity contribution in [2.75, 3.05) is 0 Å². The van der Waals surface area contributed by atoms with Crippen molar-refractivity contribution in [3.8, 4) is 0 Å². The second kappa shape index (κ2) is 28.1. The van der Waals surface area contributed by atoms with E-state index in [9.17, 15) is 39.6 Å². The van der Waals surface area contributed by atoms with Gasteiger partial charge in [-0.25, -0.2) is 0 Å². The molecule has 0 spiro atoms. The van der Waals surface area contributed by atoms with Crippen LogP contribution in [-0.2, 0) is 19.2 Å². The fourth-order valence-electron chi connectivity index (χ4n) is 2.94. The molecule has 0 N–H and O–H groups in total. The Labute approximate surface area is 235 Å². The van der Waals surface area contributed by atoms with Gasteiger partial charge in [-0.15, -0.1) is 0 Å². The molecule has 0 aromatic rings. The number of carbonyl (C=O) groups excluding carboxylic acids is 4. The maximum Gasteiger partial charge on any atom is 2.00 e. The summed E-state index contributed by atoms with van der Waals surface area (Å²) >= 11 is 0. The van der Waals surface area contributed by atoms with Gasteiger partial charge in [0.15, 0.2) is 0 Å². The summed E-state index contributed by atoms with van der Waals surface area (Å²) in [6.45, 7) is 4.24. The van der Waals surface area contributed by atoms with Crippen LogP contribution in [0.3, 0.4) is 0 Å². The fourth-order valence-corrected chi connectivity index (χ4v) is 2.94. The van der Waals surface area contributed by atoms with Crippen molar-refractivity contribution >= 4 is 70.0 Å². The van der Waals surface area contributed by atoms with Crippen molar-refractivity contribution in [2.45, 2.75) is 104 Å². The molecule has 0 aliphatic carbocycles. The number of hydrogen-bond acceptors (Lipinski definition) is 8. The zero-order valence-electron chi connectivity index (χ0n) is 20.7. The molecule has 0 amide bonds. The first-order valence-corrected chi connectivity index (χ1v) is 11.4. The molecule has 8 nitrogen and oxygen atoms in total. The summed E-state index contributed by atoms with van der Waals surface area (Å²) < 4.78 is 0. The minimum atomic E-state index is -1.48. The van der Waals surface area contributed by atoms with E-state index in [2.05, 4.69) is 13.8 Å². The molecule has 0 rings (SSSR count). The number of hydrogen-bond donors (Lipinski definition) is 0. The summed E-state index contributed by atoms with van der Waals surface area (Å²) in [5, 5.41) is 41.5. The van der Waals surface area contributed by atoms with Crippen molar-refractivity contribution < 1.29 is 39.6 Å². The Kier molecular flexibility index (Phi) is 33.2. The second-order valence-electron chi connectivity index (χ2n) is 7.59. The third-order valence-electron chi connectivity index (χ3n) is 4.71. The molecule has 0 atom stereocenters. The van der Waals surface area contributed by atoms with E-state index in [1.807, 2.05) is 0 Å². The van der Waals surface area contributed by atoms with Gasteiger partial charge in [0.2, 0.25) is 0 Å². The van der Waals surface area contributed by atoms with E-state index >= 15 is 0 Å². The monoisotopic (exact) mass is 500 g/mol. The van der Waals surface area contributed by atoms with Crippen molar-refractivity contribution in [1.82, 2.24) is 0 Å². The molecule has 0 bridgehead atoms. The fraction of sp³-hybridized carbons (Fsp3) is 0.667. The molecule has 184 valence electrons. The Hall–Kier alpha value is -1.11. The molecule has 0 saturated heterocycles. The van der Waals surface area contributed by atoms with Gasteiger partial charge in [-0.05, 0) is 49.0 Å². The second-order valence-corrected chi connectivity index (χ2v) is 7.59. The molecule has 0 heterocycles. The van der Waals surface area contributed by atoms with Gasteiger partial charge < -0.3 is 39.6 Å². The maximum absolute atomic E-state index is 10.5. The summed E-state index contributed by atoms with van der Waals surface area (Å²) in [7, 11) is 0. The minimum absolute atomic E-state index is 0. The van der Waals surface area contributed by atoms with Gasteiger partial charge in [0.05, 0.1) is 23.9 Å². The summed E-state index contributed by atoms with van der Waals surface area (Å²) in [6, 6.07) is 0. The van der Waals surface area contributed by atoms with Crippen molar-refractivity contribution in [2.24, 2.45) is 0 Å². The Balaban J connectivity index is -0.000000250. The first-order valence-electron chi connectivity index (χ1n) is 11.4. The normalized spacial score (nSPS) is 10.8. The first-order chi connectivity index (χ1) is 15.1. The molecule has 0 aromatic carbocycles. The average Bonchev–Trinajstić information content (AvgIpc) is 2.71. The molecule has 10 heteroatoms. The van der Waals surface area contributed by atoms with E-state index in [-0.39, 0.29) is 70.1 Å². The summed E-state index contributed by atoms with van der Waals surface area (Å²) in [4.78, 5) is 41.5. The minimum Gasteiger partial charge on any atom is -0.545 e. The number of carboxylic acid groups (broad SMARTS) is 4. The number of unbranched alkanes of at least 4 members (excludes halogenated alkanes) is 10. The van der Waals surface area contributed by atoms with Crippen LogP contribution in [0.1, 0.15) is 104 Å². The van der Waals surface area contributed by atoms with Crippen LogP contribution in [0, 0.1) is 0 Å². The topological polar surface area (TPSA) is 161 Å². The smallest absolute Gasteiger partial charge is 0.545 e. The largest absolute Gasteiger partial charge is 2.00 e. The van der Waals surface area contributed by atoms with Gasteiger partial charge >= 0.3 is 46.1 Å². The molecule has 0 saturated carbocycles.